The molecule has 5 nitrogen and oxygen atoms in total. The predicted molar refractivity (Wildman–Crippen MR) is 102 cm³/mol. The maximum Gasteiger partial charge on any atom is 0.274 e. The van der Waals surface area contributed by atoms with Crippen molar-refractivity contribution in [2.45, 2.75) is 6.42 Å². The van der Waals surface area contributed by atoms with Crippen molar-refractivity contribution in [2.75, 3.05) is 10.6 Å². The van der Waals surface area contributed by atoms with Gasteiger partial charge in [0, 0.05) is 16.8 Å². The van der Waals surface area contributed by atoms with Crippen molar-refractivity contribution in [1.82, 2.24) is 4.98 Å². The third-order valence-electron chi connectivity index (χ3n) is 3.80. The number of hydrogen-bond acceptors (Lipinski definition) is 3. The van der Waals surface area contributed by atoms with Crippen molar-refractivity contribution in [2.24, 2.45) is 0 Å². The molecule has 0 fully saturated rings. The molecule has 0 bridgehead atoms. The van der Waals surface area contributed by atoms with Crippen molar-refractivity contribution < 1.29 is 18.4 Å². The van der Waals surface area contributed by atoms with Crippen LogP contribution in [0.1, 0.15) is 16.1 Å². The number of rotatable bonds is 5. The molecule has 0 radical (unpaired) electrons. The Bertz CT molecular complexity index is 1010. The first-order chi connectivity index (χ1) is 13.4. The highest BCUT2D eigenvalue weighted by Gasteiger charge is 2.16. The van der Waals surface area contributed by atoms with Gasteiger partial charge in [0.15, 0.2) is 0 Å². The van der Waals surface area contributed by atoms with E-state index in [4.69, 9.17) is 11.6 Å². The van der Waals surface area contributed by atoms with Crippen LogP contribution in [0.2, 0.25) is 5.02 Å². The third-order valence-corrected chi connectivity index (χ3v) is 4.15. The number of halogens is 3. The van der Waals surface area contributed by atoms with Crippen molar-refractivity contribution in [3.8, 4) is 0 Å². The molecule has 3 rings (SSSR count). The lowest BCUT2D eigenvalue weighted by atomic mass is 10.1. The lowest BCUT2D eigenvalue weighted by Crippen LogP contribution is -2.19. The Kier molecular flexibility index (Phi) is 5.96. The van der Waals surface area contributed by atoms with Crippen LogP contribution >= 0.6 is 11.6 Å². The zero-order valence-corrected chi connectivity index (χ0v) is 15.1. The zero-order chi connectivity index (χ0) is 20.1. The molecule has 28 heavy (non-hydrogen) atoms. The molecule has 0 aliphatic heterocycles. The zero-order valence-electron chi connectivity index (χ0n) is 14.4. The van der Waals surface area contributed by atoms with Crippen LogP contribution < -0.4 is 10.6 Å². The largest absolute Gasteiger partial charge is 0.324 e. The minimum Gasteiger partial charge on any atom is -0.324 e. The Balaban J connectivity index is 1.79. The normalized spacial score (nSPS) is 10.4. The summed E-state index contributed by atoms with van der Waals surface area (Å²) in [5.41, 5.74) is 0.381. The number of carbonyl (C=O) groups excluding carboxylic acids is 2. The highest BCUT2D eigenvalue weighted by molar-refractivity contribution is 6.31. The number of pyridine rings is 1. The second kappa shape index (κ2) is 8.58. The summed E-state index contributed by atoms with van der Waals surface area (Å²) < 4.78 is 27.5. The Morgan fingerprint density at radius 3 is 2.50 bits per heavy atom. The van der Waals surface area contributed by atoms with Crippen molar-refractivity contribution in [1.29, 1.82) is 0 Å². The molecule has 0 saturated carbocycles. The number of amides is 2. The molecule has 0 atom stereocenters. The monoisotopic (exact) mass is 401 g/mol. The van der Waals surface area contributed by atoms with E-state index in [-0.39, 0.29) is 34.1 Å². The van der Waals surface area contributed by atoms with Crippen molar-refractivity contribution in [3.05, 3.63) is 88.7 Å². The fourth-order valence-corrected chi connectivity index (χ4v) is 2.70. The van der Waals surface area contributed by atoms with E-state index in [1.54, 1.807) is 12.1 Å². The minimum atomic E-state index is -0.620. The van der Waals surface area contributed by atoms with E-state index in [1.165, 1.54) is 36.5 Å². The van der Waals surface area contributed by atoms with E-state index in [0.29, 0.717) is 0 Å². The average Bonchev–Trinajstić information content (AvgIpc) is 2.67. The lowest BCUT2D eigenvalue weighted by molar-refractivity contribution is -0.115. The summed E-state index contributed by atoms with van der Waals surface area (Å²) >= 11 is 5.93. The highest BCUT2D eigenvalue weighted by Crippen LogP contribution is 2.25. The van der Waals surface area contributed by atoms with Gasteiger partial charge in [-0.05, 0) is 42.5 Å². The number of carbonyl (C=O) groups is 2. The number of hydrogen-bond donors (Lipinski definition) is 2. The number of anilines is 2. The molecule has 2 amide bonds. The number of aromatic nitrogens is 1. The van der Waals surface area contributed by atoms with Gasteiger partial charge in [-0.2, -0.15) is 0 Å². The Morgan fingerprint density at radius 1 is 0.964 bits per heavy atom. The van der Waals surface area contributed by atoms with Crippen LogP contribution in [-0.4, -0.2) is 16.8 Å². The molecule has 0 spiro atoms. The summed E-state index contributed by atoms with van der Waals surface area (Å²) in [7, 11) is 0. The van der Waals surface area contributed by atoms with E-state index < -0.39 is 23.4 Å². The van der Waals surface area contributed by atoms with Crippen LogP contribution in [0, 0.1) is 11.6 Å². The lowest BCUT2D eigenvalue weighted by Gasteiger charge is -2.13. The van der Waals surface area contributed by atoms with E-state index in [9.17, 15) is 18.4 Å². The van der Waals surface area contributed by atoms with E-state index in [0.717, 1.165) is 12.1 Å². The van der Waals surface area contributed by atoms with Crippen molar-refractivity contribution >= 4 is 34.8 Å². The fraction of sp³-hybridized carbons (Fsp3) is 0.0500. The first-order valence-electron chi connectivity index (χ1n) is 8.18. The first kappa shape index (κ1) is 19.4. The highest BCUT2D eigenvalue weighted by atomic mass is 35.5. The summed E-state index contributed by atoms with van der Waals surface area (Å²) in [6.07, 6.45) is 1.11. The topological polar surface area (TPSA) is 71.1 Å². The standard InChI is InChI=1S/C20H14ClF2N3O2/c21-14-4-3-5-15(23)13(14)11-19(27)25-18-10-12(22)7-8-16(18)26-20(28)17-6-1-2-9-24-17/h1-10H,11H2,(H,25,27)(H,26,28). The smallest absolute Gasteiger partial charge is 0.274 e. The van der Waals surface area contributed by atoms with E-state index >= 15 is 0 Å². The van der Waals surface area contributed by atoms with E-state index in [1.807, 2.05) is 0 Å². The van der Waals surface area contributed by atoms with Gasteiger partial charge in [0.1, 0.15) is 17.3 Å². The van der Waals surface area contributed by atoms with Gasteiger partial charge in [0.2, 0.25) is 5.91 Å². The molecule has 8 heteroatoms. The molecular formula is C20H14ClF2N3O2. The van der Waals surface area contributed by atoms with Crippen LogP contribution in [-0.2, 0) is 11.2 Å². The summed E-state index contributed by atoms with van der Waals surface area (Å²) in [6, 6.07) is 12.4. The summed E-state index contributed by atoms with van der Waals surface area (Å²) in [4.78, 5) is 28.5. The van der Waals surface area contributed by atoms with E-state index in [2.05, 4.69) is 15.6 Å². The van der Waals surface area contributed by atoms with Gasteiger partial charge in [-0.1, -0.05) is 23.7 Å². The molecule has 2 aromatic carbocycles. The van der Waals surface area contributed by atoms with Gasteiger partial charge in [-0.15, -0.1) is 0 Å². The molecule has 0 aliphatic carbocycles. The molecule has 142 valence electrons. The third kappa shape index (κ3) is 4.69. The Labute approximate surface area is 164 Å². The fourth-order valence-electron chi connectivity index (χ4n) is 2.47. The number of benzene rings is 2. The predicted octanol–water partition coefficient (Wildman–Crippen LogP) is 4.45. The molecule has 0 unspecified atom stereocenters. The summed E-state index contributed by atoms with van der Waals surface area (Å²) in [5.74, 6) is -2.38. The molecule has 3 aromatic rings. The molecule has 1 heterocycles. The first-order valence-corrected chi connectivity index (χ1v) is 8.56. The maximum atomic E-state index is 13.9. The second-order valence-corrected chi connectivity index (χ2v) is 6.19. The quantitative estimate of drug-likeness (QED) is 0.663. The van der Waals surface area contributed by atoms with Gasteiger partial charge in [-0.3, -0.25) is 14.6 Å². The summed E-state index contributed by atoms with van der Waals surface area (Å²) in [6.45, 7) is 0. The SMILES string of the molecule is O=C(Cc1c(F)cccc1Cl)Nc1cc(F)ccc1NC(=O)c1ccccn1. The van der Waals surface area contributed by atoms with Gasteiger partial charge in [0.25, 0.3) is 5.91 Å². The van der Waals surface area contributed by atoms with Gasteiger partial charge < -0.3 is 10.6 Å². The van der Waals surface area contributed by atoms with Crippen LogP contribution in [0.4, 0.5) is 20.2 Å². The molecule has 0 aliphatic rings. The van der Waals surface area contributed by atoms with Crippen LogP contribution in [0.25, 0.3) is 0 Å². The Hall–Kier alpha value is -3.32. The van der Waals surface area contributed by atoms with Gasteiger partial charge in [0.05, 0.1) is 17.8 Å². The number of nitrogens with zero attached hydrogens (tertiary/aromatic N) is 1. The van der Waals surface area contributed by atoms with Gasteiger partial charge in [-0.25, -0.2) is 8.78 Å². The molecule has 1 aromatic heterocycles. The number of nitrogens with one attached hydrogen (secondary N) is 2. The molecular weight excluding hydrogens is 388 g/mol. The van der Waals surface area contributed by atoms with Crippen molar-refractivity contribution in [3.63, 3.8) is 0 Å². The second-order valence-electron chi connectivity index (χ2n) is 5.78. The summed E-state index contributed by atoms with van der Waals surface area (Å²) in [5, 5.41) is 5.14. The molecule has 0 saturated heterocycles. The van der Waals surface area contributed by atoms with Crippen LogP contribution in [0.5, 0.6) is 0 Å². The maximum absolute atomic E-state index is 13.9. The Morgan fingerprint density at radius 2 is 1.79 bits per heavy atom. The minimum absolute atomic E-state index is 0.0251. The van der Waals surface area contributed by atoms with Gasteiger partial charge >= 0.3 is 0 Å². The molecule has 2 N–H and O–H groups in total. The average molecular weight is 402 g/mol. The van der Waals surface area contributed by atoms with Crippen LogP contribution in [0.3, 0.4) is 0 Å². The van der Waals surface area contributed by atoms with Crippen LogP contribution in [0.15, 0.2) is 60.8 Å².